The van der Waals surface area contributed by atoms with Gasteiger partial charge in [-0.15, -0.1) is 0 Å². The lowest BCUT2D eigenvalue weighted by Crippen LogP contribution is -2.61. The van der Waals surface area contributed by atoms with Crippen molar-refractivity contribution in [2.75, 3.05) is 6.61 Å². The largest absolute Gasteiger partial charge is 0.458 e. The third-order valence-electron chi connectivity index (χ3n) is 4.31. The smallest absolute Gasteiger partial charge is 0.355 e. The molecule has 0 unspecified atom stereocenters. The van der Waals surface area contributed by atoms with E-state index in [1.807, 2.05) is 0 Å². The van der Waals surface area contributed by atoms with Crippen LogP contribution in [-0.2, 0) is 42.1 Å². The number of hydrogen-bond acceptors (Lipinski definition) is 7. The van der Waals surface area contributed by atoms with E-state index in [0.29, 0.717) is 0 Å². The molecule has 1 fully saturated rings. The summed E-state index contributed by atoms with van der Waals surface area (Å²) in [5, 5.41) is 0. The molecule has 2 atom stereocenters. The molecule has 0 N–H and O–H groups in total. The molecule has 1 aromatic heterocycles. The third-order valence-corrected chi connectivity index (χ3v) is 4.31. The molecule has 8 nitrogen and oxygen atoms in total. The lowest BCUT2D eigenvalue weighted by Gasteiger charge is -2.39. The Labute approximate surface area is 132 Å². The fourth-order valence-corrected chi connectivity index (χ4v) is 3.03. The van der Waals surface area contributed by atoms with Gasteiger partial charge >= 0.3 is 17.9 Å². The van der Waals surface area contributed by atoms with Crippen LogP contribution in [0.5, 0.6) is 0 Å². The Morgan fingerprint density at radius 1 is 1.22 bits per heavy atom. The third kappa shape index (κ3) is 2.21. The number of esters is 3. The van der Waals surface area contributed by atoms with E-state index in [1.54, 1.807) is 31.1 Å². The van der Waals surface area contributed by atoms with Crippen molar-refractivity contribution in [3.63, 3.8) is 0 Å². The Bertz CT molecular complexity index is 709. The molecule has 1 saturated heterocycles. The molecule has 0 amide bonds. The van der Waals surface area contributed by atoms with E-state index in [-0.39, 0.29) is 19.4 Å². The second-order valence-corrected chi connectivity index (χ2v) is 5.60. The van der Waals surface area contributed by atoms with Crippen LogP contribution in [0.1, 0.15) is 19.0 Å². The van der Waals surface area contributed by atoms with Crippen LogP contribution in [-0.4, -0.2) is 45.3 Å². The number of nitrogens with zero attached hydrogens (tertiary/aromatic N) is 2. The van der Waals surface area contributed by atoms with Crippen molar-refractivity contribution in [1.29, 1.82) is 0 Å². The van der Waals surface area contributed by atoms with Crippen LogP contribution in [0.2, 0.25) is 0 Å². The predicted octanol–water partition coefficient (Wildman–Crippen LogP) is 0.0632. The number of imidazole rings is 1. The lowest BCUT2D eigenvalue weighted by atomic mass is 9.79. The van der Waals surface area contributed by atoms with Gasteiger partial charge in [-0.3, -0.25) is 0 Å². The molecule has 1 aromatic rings. The van der Waals surface area contributed by atoms with Gasteiger partial charge in [0.2, 0.25) is 5.60 Å². The minimum absolute atomic E-state index is 0.122. The minimum Gasteiger partial charge on any atom is -0.458 e. The fourth-order valence-electron chi connectivity index (χ4n) is 3.03. The summed E-state index contributed by atoms with van der Waals surface area (Å²) >= 11 is 0. The van der Waals surface area contributed by atoms with E-state index in [1.165, 1.54) is 0 Å². The first kappa shape index (κ1) is 15.3. The Balaban J connectivity index is 2.12. The van der Waals surface area contributed by atoms with Gasteiger partial charge < -0.3 is 18.8 Å². The summed E-state index contributed by atoms with van der Waals surface area (Å²) in [6, 6.07) is 0. The van der Waals surface area contributed by atoms with Gasteiger partial charge in [0, 0.05) is 37.5 Å². The van der Waals surface area contributed by atoms with Crippen molar-refractivity contribution in [2.45, 2.75) is 31.0 Å². The van der Waals surface area contributed by atoms with Gasteiger partial charge in [0.05, 0.1) is 6.33 Å². The van der Waals surface area contributed by atoms with Gasteiger partial charge in [-0.1, -0.05) is 6.92 Å². The topological polar surface area (TPSA) is 96.7 Å². The van der Waals surface area contributed by atoms with Crippen molar-refractivity contribution in [1.82, 2.24) is 9.55 Å². The van der Waals surface area contributed by atoms with E-state index in [2.05, 4.69) is 4.98 Å². The standard InChI is InChI=1S/C15H16N2O6/c1-3-15-13(20)21-8-14(15,6-10-7-16-9-17(10)2)22-11(18)4-5-12(19)23-15/h4-5,7,9H,3,6,8H2,1-2H3/b5-4-/t14-,15-/m1/s1. The number of rotatable bonds is 3. The SMILES string of the molecule is CC[C@]12OC(=O)/C=C\C(=O)O[C@]1(Cc1cncn1C)COC2=O. The molecule has 2 aliphatic rings. The molecule has 0 spiro atoms. The summed E-state index contributed by atoms with van der Waals surface area (Å²) in [5.41, 5.74) is -2.38. The van der Waals surface area contributed by atoms with Crippen molar-refractivity contribution in [2.24, 2.45) is 7.05 Å². The molecule has 3 rings (SSSR count). The molecule has 122 valence electrons. The van der Waals surface area contributed by atoms with Crippen LogP contribution in [0.3, 0.4) is 0 Å². The normalized spacial score (nSPS) is 31.5. The molecule has 0 bridgehead atoms. The van der Waals surface area contributed by atoms with Crippen LogP contribution >= 0.6 is 0 Å². The average molecular weight is 320 g/mol. The summed E-state index contributed by atoms with van der Waals surface area (Å²) in [4.78, 5) is 40.3. The second kappa shape index (κ2) is 5.22. The van der Waals surface area contributed by atoms with E-state index in [9.17, 15) is 14.4 Å². The monoisotopic (exact) mass is 320 g/mol. The Morgan fingerprint density at radius 2 is 1.91 bits per heavy atom. The van der Waals surface area contributed by atoms with E-state index in [4.69, 9.17) is 14.2 Å². The molecule has 23 heavy (non-hydrogen) atoms. The summed E-state index contributed by atoms with van der Waals surface area (Å²) in [6.45, 7) is 1.49. The number of aryl methyl sites for hydroxylation is 1. The highest BCUT2D eigenvalue weighted by Crippen LogP contribution is 2.43. The van der Waals surface area contributed by atoms with Crippen molar-refractivity contribution >= 4 is 17.9 Å². The number of carbonyl (C=O) groups excluding carboxylic acids is 3. The summed E-state index contributed by atoms with van der Waals surface area (Å²) in [6.07, 6.45) is 5.37. The van der Waals surface area contributed by atoms with Crippen molar-refractivity contribution < 1.29 is 28.6 Å². The number of cyclic esters (lactones) is 1. The van der Waals surface area contributed by atoms with E-state index < -0.39 is 29.1 Å². The number of carbonyl (C=O) groups is 3. The number of fused-ring (bicyclic) bond motifs is 1. The van der Waals surface area contributed by atoms with E-state index >= 15 is 0 Å². The number of hydrogen-bond donors (Lipinski definition) is 0. The van der Waals surface area contributed by atoms with Crippen LogP contribution in [0, 0.1) is 0 Å². The van der Waals surface area contributed by atoms with Crippen LogP contribution in [0.15, 0.2) is 24.7 Å². The lowest BCUT2D eigenvalue weighted by molar-refractivity contribution is -0.201. The molecule has 3 heterocycles. The second-order valence-electron chi connectivity index (χ2n) is 5.60. The Hall–Kier alpha value is -2.64. The van der Waals surface area contributed by atoms with Gasteiger partial charge in [0.25, 0.3) is 5.60 Å². The Morgan fingerprint density at radius 3 is 2.52 bits per heavy atom. The molecule has 2 aliphatic heterocycles. The average Bonchev–Trinajstić information content (AvgIpc) is 3.01. The van der Waals surface area contributed by atoms with Gasteiger partial charge in [0.15, 0.2) is 0 Å². The summed E-state index contributed by atoms with van der Waals surface area (Å²) in [5.74, 6) is -2.21. The van der Waals surface area contributed by atoms with Gasteiger partial charge in [-0.25, -0.2) is 19.4 Å². The van der Waals surface area contributed by atoms with Crippen LogP contribution in [0.4, 0.5) is 0 Å². The molecular formula is C15H16N2O6. The maximum atomic E-state index is 12.4. The molecule has 0 saturated carbocycles. The molecule has 8 heteroatoms. The van der Waals surface area contributed by atoms with Gasteiger partial charge in [-0.2, -0.15) is 0 Å². The van der Waals surface area contributed by atoms with Crippen LogP contribution < -0.4 is 0 Å². The first-order chi connectivity index (χ1) is 10.9. The highest BCUT2D eigenvalue weighted by molar-refractivity contribution is 5.96. The molecular weight excluding hydrogens is 304 g/mol. The fraction of sp³-hybridized carbons (Fsp3) is 0.467. The maximum absolute atomic E-state index is 12.4. The maximum Gasteiger partial charge on any atom is 0.355 e. The zero-order valence-electron chi connectivity index (χ0n) is 12.8. The quantitative estimate of drug-likeness (QED) is 0.574. The van der Waals surface area contributed by atoms with Gasteiger partial charge in [-0.05, 0) is 6.42 Å². The molecule has 0 aromatic carbocycles. The Kier molecular flexibility index (Phi) is 3.46. The van der Waals surface area contributed by atoms with Crippen molar-refractivity contribution in [3.05, 3.63) is 30.4 Å². The van der Waals surface area contributed by atoms with Crippen LogP contribution in [0.25, 0.3) is 0 Å². The van der Waals surface area contributed by atoms with Gasteiger partial charge in [0.1, 0.15) is 6.61 Å². The predicted molar refractivity (Wildman–Crippen MR) is 74.9 cm³/mol. The van der Waals surface area contributed by atoms with E-state index in [0.717, 1.165) is 17.8 Å². The first-order valence-corrected chi connectivity index (χ1v) is 7.19. The summed E-state index contributed by atoms with van der Waals surface area (Å²) in [7, 11) is 1.78. The molecule has 0 aliphatic carbocycles. The molecule has 0 radical (unpaired) electrons. The first-order valence-electron chi connectivity index (χ1n) is 7.19. The zero-order chi connectivity index (χ0) is 16.7. The highest BCUT2D eigenvalue weighted by atomic mass is 16.7. The minimum atomic E-state index is -1.67. The summed E-state index contributed by atoms with van der Waals surface area (Å²) < 4.78 is 17.8. The number of ether oxygens (including phenoxy) is 3. The van der Waals surface area contributed by atoms with Crippen molar-refractivity contribution in [3.8, 4) is 0 Å². The highest BCUT2D eigenvalue weighted by Gasteiger charge is 2.68. The zero-order valence-corrected chi connectivity index (χ0v) is 12.8. The number of aromatic nitrogens is 2.